The summed E-state index contributed by atoms with van der Waals surface area (Å²) in [7, 11) is 0. The number of aryl methyl sites for hydroxylation is 1. The van der Waals surface area contributed by atoms with Crippen molar-refractivity contribution in [1.82, 2.24) is 10.9 Å². The molecule has 0 saturated carbocycles. The van der Waals surface area contributed by atoms with Crippen molar-refractivity contribution in [3.8, 4) is 0 Å². The topological polar surface area (TPSA) is 24.1 Å². The highest BCUT2D eigenvalue weighted by Crippen LogP contribution is 2.24. The number of benzene rings is 1. The lowest BCUT2D eigenvalue weighted by Crippen LogP contribution is -2.27. The minimum absolute atomic E-state index is 0.256. The molecule has 2 rings (SSSR count). The first-order valence-corrected chi connectivity index (χ1v) is 4.74. The van der Waals surface area contributed by atoms with E-state index < -0.39 is 0 Å². The molecule has 70 valence electrons. The lowest BCUT2D eigenvalue weighted by Gasteiger charge is -2.22. The monoisotopic (exact) mass is 176 g/mol. The zero-order valence-electron chi connectivity index (χ0n) is 8.22. The first-order chi connectivity index (χ1) is 6.21. The van der Waals surface area contributed by atoms with Crippen LogP contribution < -0.4 is 10.9 Å². The normalized spacial score (nSPS) is 20.5. The van der Waals surface area contributed by atoms with Crippen molar-refractivity contribution in [3.63, 3.8) is 0 Å². The van der Waals surface area contributed by atoms with Crippen LogP contribution in [0.1, 0.15) is 18.1 Å². The van der Waals surface area contributed by atoms with Gasteiger partial charge in [-0.1, -0.05) is 36.8 Å². The molecule has 0 radical (unpaired) electrons. The van der Waals surface area contributed by atoms with Gasteiger partial charge in [0.25, 0.3) is 0 Å². The molecule has 1 aromatic rings. The van der Waals surface area contributed by atoms with Crippen molar-refractivity contribution in [2.45, 2.75) is 19.3 Å². The van der Waals surface area contributed by atoms with Gasteiger partial charge in [-0.15, -0.1) is 0 Å². The fourth-order valence-electron chi connectivity index (χ4n) is 1.80. The fourth-order valence-corrected chi connectivity index (χ4v) is 1.80. The second kappa shape index (κ2) is 3.13. The molecule has 13 heavy (non-hydrogen) atoms. The largest absolute Gasteiger partial charge is 0.257 e. The van der Waals surface area contributed by atoms with Crippen LogP contribution in [0.3, 0.4) is 0 Å². The zero-order chi connectivity index (χ0) is 9.31. The van der Waals surface area contributed by atoms with Gasteiger partial charge in [0.15, 0.2) is 0 Å². The standard InChI is InChI=1S/C11H16N2/c1-9-4-3-5-10(6-9)11(2)7-12-13-8-11/h3-6,12-13H,7-8H2,1-2H3. The van der Waals surface area contributed by atoms with Crippen LogP contribution in [0.15, 0.2) is 24.3 Å². The maximum atomic E-state index is 3.18. The van der Waals surface area contributed by atoms with Gasteiger partial charge in [-0.25, -0.2) is 0 Å². The van der Waals surface area contributed by atoms with Gasteiger partial charge in [0.2, 0.25) is 0 Å². The van der Waals surface area contributed by atoms with Crippen LogP contribution in [0.4, 0.5) is 0 Å². The van der Waals surface area contributed by atoms with E-state index in [4.69, 9.17) is 0 Å². The molecule has 0 aliphatic carbocycles. The summed E-state index contributed by atoms with van der Waals surface area (Å²) < 4.78 is 0. The Labute approximate surface area is 79.3 Å². The summed E-state index contributed by atoms with van der Waals surface area (Å²) in [6.07, 6.45) is 0. The van der Waals surface area contributed by atoms with Gasteiger partial charge in [-0.05, 0) is 12.5 Å². The molecule has 2 nitrogen and oxygen atoms in total. The molecule has 0 bridgehead atoms. The van der Waals surface area contributed by atoms with Gasteiger partial charge >= 0.3 is 0 Å². The van der Waals surface area contributed by atoms with Crippen LogP contribution in [0.2, 0.25) is 0 Å². The zero-order valence-corrected chi connectivity index (χ0v) is 8.22. The van der Waals surface area contributed by atoms with E-state index in [0.717, 1.165) is 13.1 Å². The van der Waals surface area contributed by atoms with Crippen molar-refractivity contribution in [2.24, 2.45) is 0 Å². The lowest BCUT2D eigenvalue weighted by atomic mass is 9.83. The van der Waals surface area contributed by atoms with Gasteiger partial charge in [-0.3, -0.25) is 10.9 Å². The summed E-state index contributed by atoms with van der Waals surface area (Å²) in [6, 6.07) is 8.76. The van der Waals surface area contributed by atoms with Crippen LogP contribution >= 0.6 is 0 Å². The van der Waals surface area contributed by atoms with E-state index in [1.165, 1.54) is 11.1 Å². The number of hydrogen-bond donors (Lipinski definition) is 2. The molecule has 2 N–H and O–H groups in total. The number of hydrogen-bond acceptors (Lipinski definition) is 2. The average molecular weight is 176 g/mol. The van der Waals surface area contributed by atoms with E-state index >= 15 is 0 Å². The second-order valence-corrected chi connectivity index (χ2v) is 4.14. The number of rotatable bonds is 1. The Kier molecular flexibility index (Phi) is 2.10. The van der Waals surface area contributed by atoms with Crippen molar-refractivity contribution in [3.05, 3.63) is 35.4 Å². The third-order valence-corrected chi connectivity index (χ3v) is 2.80. The van der Waals surface area contributed by atoms with Crippen molar-refractivity contribution < 1.29 is 0 Å². The molecule has 1 fully saturated rings. The molecular formula is C11H16N2. The predicted molar refractivity (Wildman–Crippen MR) is 54.5 cm³/mol. The Morgan fingerprint density at radius 3 is 2.54 bits per heavy atom. The summed E-state index contributed by atoms with van der Waals surface area (Å²) >= 11 is 0. The molecule has 1 heterocycles. The Bertz CT molecular complexity index is 301. The van der Waals surface area contributed by atoms with E-state index in [1.807, 2.05) is 0 Å². The average Bonchev–Trinajstić information content (AvgIpc) is 2.54. The van der Waals surface area contributed by atoms with Gasteiger partial charge < -0.3 is 0 Å². The summed E-state index contributed by atoms with van der Waals surface area (Å²) in [5, 5.41) is 0. The molecule has 0 amide bonds. The van der Waals surface area contributed by atoms with E-state index in [1.54, 1.807) is 0 Å². The fraction of sp³-hybridized carbons (Fsp3) is 0.455. The Hall–Kier alpha value is -0.860. The molecule has 0 aromatic heterocycles. The van der Waals surface area contributed by atoms with Crippen LogP contribution in [-0.4, -0.2) is 13.1 Å². The molecule has 1 saturated heterocycles. The molecule has 0 unspecified atom stereocenters. The summed E-state index contributed by atoms with van der Waals surface area (Å²) in [4.78, 5) is 0. The summed E-state index contributed by atoms with van der Waals surface area (Å²) in [5.41, 5.74) is 9.38. The highest BCUT2D eigenvalue weighted by molar-refractivity contribution is 5.30. The van der Waals surface area contributed by atoms with E-state index in [-0.39, 0.29) is 5.41 Å². The highest BCUT2D eigenvalue weighted by atomic mass is 15.4. The number of hydrazine groups is 1. The van der Waals surface area contributed by atoms with Gasteiger partial charge in [0.05, 0.1) is 0 Å². The van der Waals surface area contributed by atoms with Crippen molar-refractivity contribution in [2.75, 3.05) is 13.1 Å². The van der Waals surface area contributed by atoms with Crippen molar-refractivity contribution >= 4 is 0 Å². The Morgan fingerprint density at radius 2 is 1.92 bits per heavy atom. The molecule has 1 aromatic carbocycles. The van der Waals surface area contributed by atoms with Gasteiger partial charge in [-0.2, -0.15) is 0 Å². The van der Waals surface area contributed by atoms with E-state index in [9.17, 15) is 0 Å². The smallest absolute Gasteiger partial charge is 0.0207 e. The van der Waals surface area contributed by atoms with Crippen LogP contribution in [0.25, 0.3) is 0 Å². The first kappa shape index (κ1) is 8.73. The van der Waals surface area contributed by atoms with Crippen molar-refractivity contribution in [1.29, 1.82) is 0 Å². The minimum atomic E-state index is 0.256. The molecule has 2 heteroatoms. The van der Waals surface area contributed by atoms with Crippen LogP contribution in [-0.2, 0) is 5.41 Å². The maximum absolute atomic E-state index is 3.18. The number of nitrogens with one attached hydrogen (secondary N) is 2. The maximum Gasteiger partial charge on any atom is 0.0207 e. The van der Waals surface area contributed by atoms with E-state index in [0.29, 0.717) is 0 Å². The molecule has 1 aliphatic rings. The highest BCUT2D eigenvalue weighted by Gasteiger charge is 2.30. The second-order valence-electron chi connectivity index (χ2n) is 4.14. The summed E-state index contributed by atoms with van der Waals surface area (Å²) in [6.45, 7) is 6.45. The molecule has 1 aliphatic heterocycles. The Balaban J connectivity index is 2.33. The predicted octanol–water partition coefficient (Wildman–Crippen LogP) is 1.36. The third kappa shape index (κ3) is 1.60. The van der Waals surface area contributed by atoms with Crippen LogP contribution in [0.5, 0.6) is 0 Å². The SMILES string of the molecule is Cc1cccc(C2(C)CNNC2)c1. The van der Waals surface area contributed by atoms with Gasteiger partial charge in [0, 0.05) is 18.5 Å². The summed E-state index contributed by atoms with van der Waals surface area (Å²) in [5.74, 6) is 0. The quantitative estimate of drug-likeness (QED) is 0.675. The first-order valence-electron chi connectivity index (χ1n) is 4.74. The lowest BCUT2D eigenvalue weighted by molar-refractivity contribution is 0.553. The van der Waals surface area contributed by atoms with Gasteiger partial charge in [0.1, 0.15) is 0 Å². The third-order valence-electron chi connectivity index (χ3n) is 2.80. The van der Waals surface area contributed by atoms with Crippen LogP contribution in [0, 0.1) is 6.92 Å². The molecule has 0 atom stereocenters. The molecule has 0 spiro atoms. The molecular weight excluding hydrogens is 160 g/mol. The Morgan fingerprint density at radius 1 is 1.23 bits per heavy atom. The minimum Gasteiger partial charge on any atom is -0.257 e. The van der Waals surface area contributed by atoms with E-state index in [2.05, 4.69) is 49.0 Å².